The minimum atomic E-state index is -4.55. The summed E-state index contributed by atoms with van der Waals surface area (Å²) >= 11 is 5.61. The Labute approximate surface area is 86.8 Å². The number of hydrogen-bond acceptors (Lipinski definition) is 2. The van der Waals surface area contributed by atoms with E-state index in [0.29, 0.717) is 11.8 Å². The Morgan fingerprint density at radius 3 is 2.29 bits per heavy atom. The van der Waals surface area contributed by atoms with Gasteiger partial charge in [0.05, 0.1) is 6.61 Å². The van der Waals surface area contributed by atoms with Crippen LogP contribution in [0.5, 0.6) is 0 Å². The lowest BCUT2D eigenvalue weighted by molar-refractivity contribution is -0.323. The maximum atomic E-state index is 11.5. The zero-order chi connectivity index (χ0) is 11.2. The molecule has 0 aliphatic rings. The zero-order valence-corrected chi connectivity index (χ0v) is 8.95. The van der Waals surface area contributed by atoms with Crippen LogP contribution < -0.4 is 5.32 Å². The third-order valence-electron chi connectivity index (χ3n) is 1.75. The van der Waals surface area contributed by atoms with Crippen LogP contribution in [-0.4, -0.2) is 31.4 Å². The van der Waals surface area contributed by atoms with E-state index in [1.165, 1.54) is 0 Å². The van der Waals surface area contributed by atoms with Gasteiger partial charge in [-0.05, 0) is 5.92 Å². The highest BCUT2D eigenvalue weighted by Gasteiger charge is 2.28. The van der Waals surface area contributed by atoms with Gasteiger partial charge in [-0.2, -0.15) is 0 Å². The van der Waals surface area contributed by atoms with Crippen molar-refractivity contribution in [3.05, 3.63) is 0 Å². The van der Waals surface area contributed by atoms with E-state index in [0.717, 1.165) is 0 Å². The lowest BCUT2D eigenvalue weighted by Crippen LogP contribution is -2.38. The first-order chi connectivity index (χ1) is 6.37. The van der Waals surface area contributed by atoms with Gasteiger partial charge in [-0.25, -0.2) is 0 Å². The lowest BCUT2D eigenvalue weighted by Gasteiger charge is -2.19. The SMILES string of the molecule is CC(C)C(CCl)NCCOC(F)(F)F. The molecule has 0 saturated heterocycles. The largest absolute Gasteiger partial charge is 0.522 e. The van der Waals surface area contributed by atoms with E-state index >= 15 is 0 Å². The molecule has 0 aromatic rings. The van der Waals surface area contributed by atoms with Crippen LogP contribution in [0.15, 0.2) is 0 Å². The topological polar surface area (TPSA) is 21.3 Å². The van der Waals surface area contributed by atoms with E-state index in [2.05, 4.69) is 10.1 Å². The molecule has 0 heterocycles. The second-order valence-electron chi connectivity index (χ2n) is 3.25. The summed E-state index contributed by atoms with van der Waals surface area (Å²) < 4.78 is 38.2. The van der Waals surface area contributed by atoms with Gasteiger partial charge in [-0.15, -0.1) is 24.8 Å². The summed E-state index contributed by atoms with van der Waals surface area (Å²) in [6.45, 7) is 3.66. The van der Waals surface area contributed by atoms with Crippen LogP contribution in [0, 0.1) is 5.92 Å². The second-order valence-corrected chi connectivity index (χ2v) is 3.56. The van der Waals surface area contributed by atoms with Crippen molar-refractivity contribution in [3.8, 4) is 0 Å². The Morgan fingerprint density at radius 1 is 1.36 bits per heavy atom. The molecule has 0 aliphatic carbocycles. The highest BCUT2D eigenvalue weighted by atomic mass is 35.5. The highest BCUT2D eigenvalue weighted by molar-refractivity contribution is 6.18. The normalized spacial score (nSPS) is 14.8. The minimum Gasteiger partial charge on any atom is -0.310 e. The maximum Gasteiger partial charge on any atom is 0.522 e. The summed E-state index contributed by atoms with van der Waals surface area (Å²) in [6.07, 6.45) is -4.55. The molecule has 86 valence electrons. The highest BCUT2D eigenvalue weighted by Crippen LogP contribution is 2.15. The Hall–Kier alpha value is -0.0000000000000000555. The minimum absolute atomic E-state index is 0.0218. The monoisotopic (exact) mass is 233 g/mol. The van der Waals surface area contributed by atoms with Gasteiger partial charge in [-0.3, -0.25) is 4.74 Å². The van der Waals surface area contributed by atoms with Gasteiger partial charge in [0, 0.05) is 18.5 Å². The van der Waals surface area contributed by atoms with Gasteiger partial charge >= 0.3 is 6.36 Å². The molecule has 0 bridgehead atoms. The first-order valence-corrected chi connectivity index (χ1v) is 4.90. The van der Waals surface area contributed by atoms with E-state index in [1.807, 2.05) is 13.8 Å². The van der Waals surface area contributed by atoms with Gasteiger partial charge in [0.25, 0.3) is 0 Å². The average molecular weight is 234 g/mol. The van der Waals surface area contributed by atoms with Crippen molar-refractivity contribution in [3.63, 3.8) is 0 Å². The molecule has 0 radical (unpaired) electrons. The van der Waals surface area contributed by atoms with Crippen LogP contribution in [0.3, 0.4) is 0 Å². The first-order valence-electron chi connectivity index (χ1n) is 4.37. The third-order valence-corrected chi connectivity index (χ3v) is 2.08. The van der Waals surface area contributed by atoms with Crippen molar-refractivity contribution in [2.24, 2.45) is 5.92 Å². The van der Waals surface area contributed by atoms with Crippen LogP contribution >= 0.6 is 11.6 Å². The number of ether oxygens (including phenoxy) is 1. The van der Waals surface area contributed by atoms with Crippen LogP contribution in [0.1, 0.15) is 13.8 Å². The van der Waals surface area contributed by atoms with Gasteiger partial charge in [0.1, 0.15) is 0 Å². The molecule has 0 spiro atoms. The predicted octanol–water partition coefficient (Wildman–Crippen LogP) is 2.38. The molecule has 1 unspecified atom stereocenters. The molecule has 1 N–H and O–H groups in total. The Kier molecular flexibility index (Phi) is 6.48. The molecule has 0 aliphatic heterocycles. The van der Waals surface area contributed by atoms with E-state index in [-0.39, 0.29) is 19.2 Å². The standard InChI is InChI=1S/C8H15ClF3NO/c1-6(2)7(5-9)13-3-4-14-8(10,11)12/h6-7,13H,3-5H2,1-2H3. The van der Waals surface area contributed by atoms with Crippen LogP contribution in [0.2, 0.25) is 0 Å². The fraction of sp³-hybridized carbons (Fsp3) is 1.00. The molecule has 0 fully saturated rings. The molecule has 0 aromatic carbocycles. The second kappa shape index (κ2) is 6.48. The maximum absolute atomic E-state index is 11.5. The molecule has 14 heavy (non-hydrogen) atoms. The third kappa shape index (κ3) is 7.41. The first kappa shape index (κ1) is 14.0. The Bertz CT molecular complexity index is 152. The zero-order valence-electron chi connectivity index (χ0n) is 8.20. The fourth-order valence-electron chi connectivity index (χ4n) is 0.880. The lowest BCUT2D eigenvalue weighted by atomic mass is 10.1. The number of rotatable bonds is 6. The number of nitrogens with one attached hydrogen (secondary N) is 1. The molecule has 2 nitrogen and oxygen atoms in total. The van der Waals surface area contributed by atoms with Crippen LogP contribution in [0.25, 0.3) is 0 Å². The fourth-order valence-corrected chi connectivity index (χ4v) is 1.34. The van der Waals surface area contributed by atoms with Gasteiger partial charge in [0.15, 0.2) is 0 Å². The van der Waals surface area contributed by atoms with Crippen molar-refractivity contribution in [2.45, 2.75) is 26.3 Å². The molecule has 1 atom stereocenters. The average Bonchev–Trinajstić information content (AvgIpc) is 2.01. The molecule has 0 amide bonds. The van der Waals surface area contributed by atoms with Gasteiger partial charge < -0.3 is 5.32 Å². The molecular formula is C8H15ClF3NO. The summed E-state index contributed by atoms with van der Waals surface area (Å²) in [5.41, 5.74) is 0. The summed E-state index contributed by atoms with van der Waals surface area (Å²) in [6, 6.07) is 0.0218. The van der Waals surface area contributed by atoms with Crippen molar-refractivity contribution in [1.82, 2.24) is 5.32 Å². The molecule has 0 saturated carbocycles. The summed E-state index contributed by atoms with van der Waals surface area (Å²) in [7, 11) is 0. The van der Waals surface area contributed by atoms with Gasteiger partial charge in [0.2, 0.25) is 0 Å². The van der Waals surface area contributed by atoms with E-state index in [9.17, 15) is 13.2 Å². The number of hydrogen-bond donors (Lipinski definition) is 1. The van der Waals surface area contributed by atoms with E-state index < -0.39 is 6.36 Å². The molecule has 0 rings (SSSR count). The van der Waals surface area contributed by atoms with Crippen LogP contribution in [0.4, 0.5) is 13.2 Å². The smallest absolute Gasteiger partial charge is 0.310 e. The van der Waals surface area contributed by atoms with Crippen molar-refractivity contribution in [1.29, 1.82) is 0 Å². The summed E-state index contributed by atoms with van der Waals surface area (Å²) in [5, 5.41) is 2.88. The predicted molar refractivity (Wildman–Crippen MR) is 49.4 cm³/mol. The summed E-state index contributed by atoms with van der Waals surface area (Å²) in [4.78, 5) is 0. The quantitative estimate of drug-likeness (QED) is 0.562. The van der Waals surface area contributed by atoms with Gasteiger partial charge in [-0.1, -0.05) is 13.8 Å². The van der Waals surface area contributed by atoms with E-state index in [1.54, 1.807) is 0 Å². The van der Waals surface area contributed by atoms with Crippen LogP contribution in [-0.2, 0) is 4.74 Å². The van der Waals surface area contributed by atoms with Crippen molar-refractivity contribution >= 4 is 11.6 Å². The Balaban J connectivity index is 3.52. The van der Waals surface area contributed by atoms with E-state index in [4.69, 9.17) is 11.6 Å². The molecular weight excluding hydrogens is 219 g/mol. The number of halogens is 4. The number of alkyl halides is 4. The van der Waals surface area contributed by atoms with Crippen molar-refractivity contribution in [2.75, 3.05) is 19.0 Å². The van der Waals surface area contributed by atoms with Crippen molar-refractivity contribution < 1.29 is 17.9 Å². The summed E-state index contributed by atoms with van der Waals surface area (Å²) in [5.74, 6) is 0.669. The molecule has 0 aromatic heterocycles. The molecule has 6 heteroatoms. The Morgan fingerprint density at radius 2 is 1.93 bits per heavy atom.